The molecule has 1 aromatic heterocycles. The highest BCUT2D eigenvalue weighted by Gasteiger charge is 2.15. The van der Waals surface area contributed by atoms with E-state index in [4.69, 9.17) is 0 Å². The van der Waals surface area contributed by atoms with Gasteiger partial charge in [-0.1, -0.05) is 45.0 Å². The van der Waals surface area contributed by atoms with E-state index in [-0.39, 0.29) is 22.4 Å². The SMILES string of the molecule is CC(C)(C)c1ccc(-c2c(O)[nH][nH]c2=O)cc1. The van der Waals surface area contributed by atoms with Crippen molar-refractivity contribution in [3.63, 3.8) is 0 Å². The van der Waals surface area contributed by atoms with Gasteiger partial charge in [-0.15, -0.1) is 0 Å². The standard InChI is InChI=1S/C13H16N2O2/c1-13(2,3)9-6-4-8(5-7-9)10-11(16)14-15-12(10)17/h4-7H,1-3H3,(H3,14,15,16,17). The number of aromatic nitrogens is 2. The molecule has 0 saturated carbocycles. The molecule has 0 radical (unpaired) electrons. The zero-order chi connectivity index (χ0) is 12.6. The summed E-state index contributed by atoms with van der Waals surface area (Å²) in [5, 5.41) is 14.3. The maximum absolute atomic E-state index is 11.5. The fraction of sp³-hybridized carbons (Fsp3) is 0.308. The summed E-state index contributed by atoms with van der Waals surface area (Å²) in [5.74, 6) is -0.126. The number of rotatable bonds is 1. The molecule has 0 aliphatic rings. The van der Waals surface area contributed by atoms with E-state index in [0.29, 0.717) is 5.56 Å². The lowest BCUT2D eigenvalue weighted by molar-refractivity contribution is 0.454. The summed E-state index contributed by atoms with van der Waals surface area (Å²) in [6.07, 6.45) is 0. The smallest absolute Gasteiger partial charge is 0.275 e. The van der Waals surface area contributed by atoms with Crippen LogP contribution in [-0.4, -0.2) is 15.3 Å². The van der Waals surface area contributed by atoms with E-state index in [1.807, 2.05) is 24.3 Å². The van der Waals surface area contributed by atoms with Gasteiger partial charge < -0.3 is 5.11 Å². The summed E-state index contributed by atoms with van der Waals surface area (Å²) in [6.45, 7) is 6.38. The van der Waals surface area contributed by atoms with E-state index in [1.165, 1.54) is 5.56 Å². The highest BCUT2D eigenvalue weighted by Crippen LogP contribution is 2.27. The Morgan fingerprint density at radius 3 is 2.06 bits per heavy atom. The fourth-order valence-corrected chi connectivity index (χ4v) is 1.75. The molecule has 2 aromatic rings. The van der Waals surface area contributed by atoms with Gasteiger partial charge in [0.1, 0.15) is 5.56 Å². The summed E-state index contributed by atoms with van der Waals surface area (Å²) in [5.41, 5.74) is 1.94. The summed E-state index contributed by atoms with van der Waals surface area (Å²) in [7, 11) is 0. The Morgan fingerprint density at radius 1 is 1.06 bits per heavy atom. The first-order chi connectivity index (χ1) is 7.89. The van der Waals surface area contributed by atoms with E-state index in [1.54, 1.807) is 0 Å². The first kappa shape index (κ1) is 11.5. The van der Waals surface area contributed by atoms with Crippen molar-refractivity contribution in [2.75, 3.05) is 0 Å². The summed E-state index contributed by atoms with van der Waals surface area (Å²) in [4.78, 5) is 11.5. The molecule has 2 rings (SSSR count). The lowest BCUT2D eigenvalue weighted by Gasteiger charge is -2.18. The molecule has 0 atom stereocenters. The van der Waals surface area contributed by atoms with E-state index >= 15 is 0 Å². The molecule has 1 aromatic carbocycles. The molecule has 0 amide bonds. The van der Waals surface area contributed by atoms with Gasteiger partial charge in [0.05, 0.1) is 0 Å². The molecule has 17 heavy (non-hydrogen) atoms. The van der Waals surface area contributed by atoms with Crippen LogP contribution in [0.2, 0.25) is 0 Å². The topological polar surface area (TPSA) is 68.9 Å². The number of hydrogen-bond donors (Lipinski definition) is 3. The number of hydrogen-bond acceptors (Lipinski definition) is 2. The van der Waals surface area contributed by atoms with Crippen LogP contribution in [-0.2, 0) is 5.41 Å². The highest BCUT2D eigenvalue weighted by molar-refractivity contribution is 5.67. The van der Waals surface area contributed by atoms with E-state index in [2.05, 4.69) is 31.0 Å². The first-order valence-electron chi connectivity index (χ1n) is 5.50. The number of nitrogens with one attached hydrogen (secondary N) is 2. The third kappa shape index (κ3) is 2.11. The summed E-state index contributed by atoms with van der Waals surface area (Å²) < 4.78 is 0. The van der Waals surface area contributed by atoms with Crippen LogP contribution in [0.5, 0.6) is 5.88 Å². The van der Waals surface area contributed by atoms with Crippen LogP contribution in [0.3, 0.4) is 0 Å². The third-order valence-electron chi connectivity index (χ3n) is 2.80. The second kappa shape index (κ2) is 3.80. The molecule has 3 N–H and O–H groups in total. The minimum Gasteiger partial charge on any atom is -0.493 e. The Kier molecular flexibility index (Phi) is 2.58. The number of aromatic amines is 2. The quantitative estimate of drug-likeness (QED) is 0.706. The maximum atomic E-state index is 11.5. The molecule has 90 valence electrons. The second-order valence-electron chi connectivity index (χ2n) is 5.13. The largest absolute Gasteiger partial charge is 0.493 e. The lowest BCUT2D eigenvalue weighted by atomic mass is 9.86. The zero-order valence-corrected chi connectivity index (χ0v) is 10.2. The lowest BCUT2D eigenvalue weighted by Crippen LogP contribution is -2.10. The molecule has 0 spiro atoms. The molecule has 1 heterocycles. The Labute approximate surface area is 99.3 Å². The normalized spacial score (nSPS) is 11.7. The van der Waals surface area contributed by atoms with Gasteiger partial charge in [-0.2, -0.15) is 0 Å². The second-order valence-corrected chi connectivity index (χ2v) is 5.13. The summed E-state index contributed by atoms with van der Waals surface area (Å²) >= 11 is 0. The predicted molar refractivity (Wildman–Crippen MR) is 67.2 cm³/mol. The Morgan fingerprint density at radius 2 is 1.65 bits per heavy atom. The zero-order valence-electron chi connectivity index (χ0n) is 10.2. The van der Waals surface area contributed by atoms with Crippen molar-refractivity contribution in [2.45, 2.75) is 26.2 Å². The third-order valence-corrected chi connectivity index (χ3v) is 2.80. The van der Waals surface area contributed by atoms with Gasteiger partial charge in [0.25, 0.3) is 5.56 Å². The van der Waals surface area contributed by atoms with Crippen molar-refractivity contribution < 1.29 is 5.11 Å². The first-order valence-corrected chi connectivity index (χ1v) is 5.50. The molecule has 0 unspecified atom stereocenters. The minimum absolute atomic E-state index is 0.0745. The Bertz CT molecular complexity index is 571. The maximum Gasteiger partial charge on any atom is 0.275 e. The molecular weight excluding hydrogens is 216 g/mol. The van der Waals surface area contributed by atoms with Crippen LogP contribution in [0.25, 0.3) is 11.1 Å². The average molecular weight is 232 g/mol. The van der Waals surface area contributed by atoms with E-state index in [0.717, 1.165) is 0 Å². The van der Waals surface area contributed by atoms with Crippen molar-refractivity contribution in [1.82, 2.24) is 10.2 Å². The van der Waals surface area contributed by atoms with Gasteiger partial charge in [0.15, 0.2) is 0 Å². The van der Waals surface area contributed by atoms with Crippen LogP contribution >= 0.6 is 0 Å². The predicted octanol–water partition coefficient (Wildman–Crippen LogP) is 2.37. The van der Waals surface area contributed by atoms with Crippen LogP contribution in [0, 0.1) is 0 Å². The molecular formula is C13H16N2O2. The van der Waals surface area contributed by atoms with E-state index < -0.39 is 0 Å². The van der Waals surface area contributed by atoms with Crippen molar-refractivity contribution in [3.8, 4) is 17.0 Å². The van der Waals surface area contributed by atoms with Gasteiger partial charge in [0, 0.05) is 0 Å². The molecule has 0 saturated heterocycles. The van der Waals surface area contributed by atoms with Crippen LogP contribution in [0.15, 0.2) is 29.1 Å². The fourth-order valence-electron chi connectivity index (χ4n) is 1.75. The van der Waals surface area contributed by atoms with Crippen LogP contribution < -0.4 is 5.56 Å². The molecule has 0 bridgehead atoms. The minimum atomic E-state index is -0.314. The molecule has 4 nitrogen and oxygen atoms in total. The molecule has 0 aliphatic carbocycles. The van der Waals surface area contributed by atoms with Gasteiger partial charge in [-0.3, -0.25) is 15.0 Å². The van der Waals surface area contributed by atoms with Crippen molar-refractivity contribution in [1.29, 1.82) is 0 Å². The van der Waals surface area contributed by atoms with Crippen LogP contribution in [0.1, 0.15) is 26.3 Å². The van der Waals surface area contributed by atoms with Crippen molar-refractivity contribution in [3.05, 3.63) is 40.2 Å². The van der Waals surface area contributed by atoms with Crippen LogP contribution in [0.4, 0.5) is 0 Å². The van der Waals surface area contributed by atoms with E-state index in [9.17, 15) is 9.90 Å². The van der Waals surface area contributed by atoms with Gasteiger partial charge in [-0.05, 0) is 16.5 Å². The van der Waals surface area contributed by atoms with Crippen molar-refractivity contribution >= 4 is 0 Å². The number of aromatic hydroxyl groups is 1. The number of benzene rings is 1. The Hall–Kier alpha value is -1.97. The monoisotopic (exact) mass is 232 g/mol. The van der Waals surface area contributed by atoms with Gasteiger partial charge in [-0.25, -0.2) is 0 Å². The Balaban J connectivity index is 2.47. The molecule has 0 fully saturated rings. The van der Waals surface area contributed by atoms with Gasteiger partial charge in [0.2, 0.25) is 5.88 Å². The average Bonchev–Trinajstić information content (AvgIpc) is 2.58. The van der Waals surface area contributed by atoms with Gasteiger partial charge >= 0.3 is 0 Å². The molecule has 0 aliphatic heterocycles. The number of H-pyrrole nitrogens is 2. The van der Waals surface area contributed by atoms with Crippen molar-refractivity contribution in [2.24, 2.45) is 0 Å². The summed E-state index contributed by atoms with van der Waals surface area (Å²) in [6, 6.07) is 7.64. The molecule has 4 heteroatoms. The highest BCUT2D eigenvalue weighted by atomic mass is 16.3.